The number of rotatable bonds is 5. The first-order valence-electron chi connectivity index (χ1n) is 5.28. The van der Waals surface area contributed by atoms with E-state index in [1.807, 2.05) is 31.2 Å². The first kappa shape index (κ1) is 13.5. The fraction of sp³-hybridized carbons (Fsp3) is 0.417. The fourth-order valence-electron chi connectivity index (χ4n) is 1.47. The zero-order valence-electron chi connectivity index (χ0n) is 9.17. The third-order valence-corrected chi connectivity index (χ3v) is 2.99. The zero-order valence-corrected chi connectivity index (χ0v) is 11.5. The highest BCUT2D eigenvalue weighted by Crippen LogP contribution is 2.19. The van der Waals surface area contributed by atoms with Crippen LogP contribution in [0.15, 0.2) is 24.3 Å². The van der Waals surface area contributed by atoms with Gasteiger partial charge in [-0.3, -0.25) is 4.79 Å². The van der Waals surface area contributed by atoms with Crippen LogP contribution in [0.4, 0.5) is 0 Å². The molecule has 0 saturated heterocycles. The van der Waals surface area contributed by atoms with E-state index in [9.17, 15) is 4.79 Å². The molecule has 1 N–H and O–H groups in total. The summed E-state index contributed by atoms with van der Waals surface area (Å²) in [5.74, 6) is 0.0682. The smallest absolute Gasteiger partial charge is 0.221 e. The molecule has 1 aromatic carbocycles. The summed E-state index contributed by atoms with van der Waals surface area (Å²) in [6.45, 7) is 2.05. The molecule has 4 heteroatoms. The van der Waals surface area contributed by atoms with E-state index in [0.717, 1.165) is 12.0 Å². The molecular weight excluding hydrogens is 289 g/mol. The number of amides is 1. The number of hydrogen-bond donors (Lipinski definition) is 1. The highest BCUT2D eigenvalue weighted by Gasteiger charge is 2.11. The van der Waals surface area contributed by atoms with Crippen molar-refractivity contribution in [1.29, 1.82) is 0 Å². The standard InChI is InChI=1S/C12H15BrClNO/c1-2-11(15-12(16)7-8-13)9-3-5-10(14)6-4-9/h3-6,11H,2,7-8H2,1H3,(H,15,16). The molecular formula is C12H15BrClNO. The lowest BCUT2D eigenvalue weighted by Crippen LogP contribution is -2.28. The van der Waals surface area contributed by atoms with Crippen molar-refractivity contribution in [2.24, 2.45) is 0 Å². The molecule has 0 heterocycles. The molecule has 0 spiro atoms. The molecule has 0 aliphatic rings. The number of nitrogens with one attached hydrogen (secondary N) is 1. The molecule has 2 nitrogen and oxygen atoms in total. The van der Waals surface area contributed by atoms with Crippen molar-refractivity contribution in [1.82, 2.24) is 5.32 Å². The van der Waals surface area contributed by atoms with Crippen molar-refractivity contribution in [2.75, 3.05) is 5.33 Å². The van der Waals surface area contributed by atoms with Gasteiger partial charge in [0.15, 0.2) is 0 Å². The lowest BCUT2D eigenvalue weighted by atomic mass is 10.0. The van der Waals surface area contributed by atoms with E-state index in [1.165, 1.54) is 0 Å². The number of alkyl halides is 1. The van der Waals surface area contributed by atoms with Crippen molar-refractivity contribution in [3.05, 3.63) is 34.9 Å². The van der Waals surface area contributed by atoms with Crippen molar-refractivity contribution in [2.45, 2.75) is 25.8 Å². The van der Waals surface area contributed by atoms with Gasteiger partial charge in [0.25, 0.3) is 0 Å². The molecule has 0 aromatic heterocycles. The molecule has 1 amide bonds. The molecule has 1 aromatic rings. The first-order chi connectivity index (χ1) is 7.67. The number of hydrogen-bond acceptors (Lipinski definition) is 1. The number of halogens is 2. The Morgan fingerprint density at radius 1 is 1.44 bits per heavy atom. The predicted octanol–water partition coefficient (Wildman–Crippen LogP) is 3.69. The Balaban J connectivity index is 2.67. The van der Waals surface area contributed by atoms with Crippen LogP contribution in [0.25, 0.3) is 0 Å². The molecule has 0 fully saturated rings. The summed E-state index contributed by atoms with van der Waals surface area (Å²) in [6.07, 6.45) is 1.37. The Kier molecular flexibility index (Phi) is 5.85. The summed E-state index contributed by atoms with van der Waals surface area (Å²) in [5.41, 5.74) is 1.09. The number of carbonyl (C=O) groups excluding carboxylic acids is 1. The maximum Gasteiger partial charge on any atom is 0.221 e. The van der Waals surface area contributed by atoms with Gasteiger partial charge in [0, 0.05) is 16.8 Å². The van der Waals surface area contributed by atoms with E-state index in [0.29, 0.717) is 16.8 Å². The number of benzene rings is 1. The molecule has 0 bridgehead atoms. The highest BCUT2D eigenvalue weighted by atomic mass is 79.9. The lowest BCUT2D eigenvalue weighted by Gasteiger charge is -2.17. The summed E-state index contributed by atoms with van der Waals surface area (Å²) in [5, 5.41) is 4.40. The normalized spacial score (nSPS) is 12.2. The average Bonchev–Trinajstić information content (AvgIpc) is 2.27. The summed E-state index contributed by atoms with van der Waals surface area (Å²) in [7, 11) is 0. The van der Waals surface area contributed by atoms with Crippen LogP contribution in [-0.2, 0) is 4.79 Å². The van der Waals surface area contributed by atoms with Gasteiger partial charge in [0.05, 0.1) is 6.04 Å². The quantitative estimate of drug-likeness (QED) is 0.826. The van der Waals surface area contributed by atoms with Crippen LogP contribution in [0.1, 0.15) is 31.4 Å². The van der Waals surface area contributed by atoms with Crippen LogP contribution in [0.2, 0.25) is 5.02 Å². The van der Waals surface area contributed by atoms with Gasteiger partial charge in [0.1, 0.15) is 0 Å². The first-order valence-corrected chi connectivity index (χ1v) is 6.78. The van der Waals surface area contributed by atoms with Crippen LogP contribution >= 0.6 is 27.5 Å². The number of carbonyl (C=O) groups is 1. The van der Waals surface area contributed by atoms with E-state index >= 15 is 0 Å². The third kappa shape index (κ3) is 4.14. The molecule has 0 radical (unpaired) electrons. The summed E-state index contributed by atoms with van der Waals surface area (Å²) in [6, 6.07) is 7.66. The predicted molar refractivity (Wildman–Crippen MR) is 71.0 cm³/mol. The van der Waals surface area contributed by atoms with Gasteiger partial charge in [-0.05, 0) is 24.1 Å². The second-order valence-electron chi connectivity index (χ2n) is 3.52. The van der Waals surface area contributed by atoms with Crippen LogP contribution in [-0.4, -0.2) is 11.2 Å². The summed E-state index contributed by atoms with van der Waals surface area (Å²) < 4.78 is 0. The molecule has 1 rings (SSSR count). The molecule has 0 aliphatic carbocycles. The molecule has 0 saturated carbocycles. The van der Waals surface area contributed by atoms with Gasteiger partial charge in [-0.25, -0.2) is 0 Å². The molecule has 0 aliphatic heterocycles. The van der Waals surface area contributed by atoms with Gasteiger partial charge in [-0.1, -0.05) is 46.6 Å². The Morgan fingerprint density at radius 3 is 2.56 bits per heavy atom. The minimum atomic E-state index is 0.0682. The van der Waals surface area contributed by atoms with Crippen LogP contribution in [0, 0.1) is 0 Å². The van der Waals surface area contributed by atoms with Crippen molar-refractivity contribution in [3.8, 4) is 0 Å². The van der Waals surface area contributed by atoms with E-state index in [2.05, 4.69) is 21.2 Å². The topological polar surface area (TPSA) is 29.1 Å². The SMILES string of the molecule is CCC(NC(=O)CCBr)c1ccc(Cl)cc1. The van der Waals surface area contributed by atoms with Crippen molar-refractivity contribution in [3.63, 3.8) is 0 Å². The Hall–Kier alpha value is -0.540. The third-order valence-electron chi connectivity index (χ3n) is 2.34. The second-order valence-corrected chi connectivity index (χ2v) is 4.75. The monoisotopic (exact) mass is 303 g/mol. The minimum Gasteiger partial charge on any atom is -0.349 e. The molecule has 16 heavy (non-hydrogen) atoms. The van der Waals surface area contributed by atoms with Crippen molar-refractivity contribution < 1.29 is 4.79 Å². The van der Waals surface area contributed by atoms with E-state index in [4.69, 9.17) is 11.6 Å². The molecule has 88 valence electrons. The lowest BCUT2D eigenvalue weighted by molar-refractivity contribution is -0.121. The fourth-order valence-corrected chi connectivity index (χ4v) is 1.95. The Labute approximate surface area is 110 Å². The molecule has 1 unspecified atom stereocenters. The van der Waals surface area contributed by atoms with Gasteiger partial charge in [-0.15, -0.1) is 0 Å². The maximum atomic E-state index is 11.5. The van der Waals surface area contributed by atoms with Crippen molar-refractivity contribution >= 4 is 33.4 Å². The van der Waals surface area contributed by atoms with E-state index in [-0.39, 0.29) is 11.9 Å². The van der Waals surface area contributed by atoms with E-state index < -0.39 is 0 Å². The van der Waals surface area contributed by atoms with Crippen LogP contribution < -0.4 is 5.32 Å². The van der Waals surface area contributed by atoms with Crippen LogP contribution in [0.3, 0.4) is 0 Å². The zero-order chi connectivity index (χ0) is 12.0. The Morgan fingerprint density at radius 2 is 2.06 bits per heavy atom. The van der Waals surface area contributed by atoms with Crippen LogP contribution in [0.5, 0.6) is 0 Å². The minimum absolute atomic E-state index is 0.0682. The van der Waals surface area contributed by atoms with E-state index in [1.54, 1.807) is 0 Å². The summed E-state index contributed by atoms with van der Waals surface area (Å²) >= 11 is 9.07. The Bertz CT molecular complexity index is 339. The highest BCUT2D eigenvalue weighted by molar-refractivity contribution is 9.09. The molecule has 1 atom stereocenters. The van der Waals surface area contributed by atoms with Gasteiger partial charge < -0.3 is 5.32 Å². The van der Waals surface area contributed by atoms with Gasteiger partial charge in [0.2, 0.25) is 5.91 Å². The maximum absolute atomic E-state index is 11.5. The van der Waals surface area contributed by atoms with Gasteiger partial charge >= 0.3 is 0 Å². The summed E-state index contributed by atoms with van der Waals surface area (Å²) in [4.78, 5) is 11.5. The van der Waals surface area contributed by atoms with Gasteiger partial charge in [-0.2, -0.15) is 0 Å². The second kappa shape index (κ2) is 6.92. The average molecular weight is 305 g/mol. The largest absolute Gasteiger partial charge is 0.349 e.